The van der Waals surface area contributed by atoms with Crippen molar-refractivity contribution in [3.8, 4) is 0 Å². The number of hydrogen-bond donors (Lipinski definition) is 1. The maximum absolute atomic E-state index is 13.7. The van der Waals surface area contributed by atoms with Crippen LogP contribution in [0.2, 0.25) is 0 Å². The van der Waals surface area contributed by atoms with Crippen LogP contribution in [-0.4, -0.2) is 19.5 Å². The summed E-state index contributed by atoms with van der Waals surface area (Å²) >= 11 is 0. The number of halogens is 1. The van der Waals surface area contributed by atoms with E-state index in [9.17, 15) is 9.18 Å². The third-order valence-corrected chi connectivity index (χ3v) is 3.59. The molecular weight excluding hydrogens is 255 g/mol. The molecule has 3 nitrogen and oxygen atoms in total. The van der Waals surface area contributed by atoms with Gasteiger partial charge in [0.05, 0.1) is 5.69 Å². The van der Waals surface area contributed by atoms with Gasteiger partial charge in [0, 0.05) is 24.8 Å². The summed E-state index contributed by atoms with van der Waals surface area (Å²) in [4.78, 5) is 13.8. The molecule has 0 bridgehead atoms. The summed E-state index contributed by atoms with van der Waals surface area (Å²) in [5.74, 6) is -0.616. The first-order valence-corrected chi connectivity index (χ1v) is 6.56. The molecule has 1 amide bonds. The summed E-state index contributed by atoms with van der Waals surface area (Å²) in [6.07, 6.45) is 0.979. The third-order valence-electron chi connectivity index (χ3n) is 3.59. The topological polar surface area (TPSA) is 32.3 Å². The lowest BCUT2D eigenvalue weighted by Gasteiger charge is -2.18. The van der Waals surface area contributed by atoms with Crippen LogP contribution in [0, 0.1) is 5.82 Å². The average molecular weight is 270 g/mol. The van der Waals surface area contributed by atoms with E-state index in [2.05, 4.69) is 5.32 Å². The first-order valence-electron chi connectivity index (χ1n) is 6.56. The van der Waals surface area contributed by atoms with Gasteiger partial charge < -0.3 is 10.2 Å². The molecule has 0 aliphatic carbocycles. The Morgan fingerprint density at radius 1 is 1.25 bits per heavy atom. The molecule has 0 saturated heterocycles. The van der Waals surface area contributed by atoms with Crippen molar-refractivity contribution in [2.45, 2.75) is 6.42 Å². The standard InChI is InChI=1S/C16H15FN2O/c1-19(15-5-3-2-4-13(15)17)16(20)12-7-6-11-8-9-18-14(11)10-12/h2-7,10,18H,8-9H2,1H3. The van der Waals surface area contributed by atoms with Crippen molar-refractivity contribution in [3.05, 3.63) is 59.4 Å². The number of hydrogen-bond acceptors (Lipinski definition) is 2. The Kier molecular flexibility index (Phi) is 3.14. The molecule has 1 N–H and O–H groups in total. The second kappa shape index (κ2) is 4.96. The predicted octanol–water partition coefficient (Wildman–Crippen LogP) is 3.07. The molecule has 0 aromatic heterocycles. The fourth-order valence-corrected chi connectivity index (χ4v) is 2.45. The molecule has 4 heteroatoms. The van der Waals surface area contributed by atoms with E-state index in [-0.39, 0.29) is 11.6 Å². The lowest BCUT2D eigenvalue weighted by atomic mass is 10.1. The fourth-order valence-electron chi connectivity index (χ4n) is 2.45. The minimum Gasteiger partial charge on any atom is -0.384 e. The zero-order valence-corrected chi connectivity index (χ0v) is 11.2. The molecule has 1 aliphatic rings. The van der Waals surface area contributed by atoms with Crippen molar-refractivity contribution in [1.29, 1.82) is 0 Å². The maximum Gasteiger partial charge on any atom is 0.258 e. The van der Waals surface area contributed by atoms with E-state index >= 15 is 0 Å². The maximum atomic E-state index is 13.7. The molecule has 1 heterocycles. The number of rotatable bonds is 2. The summed E-state index contributed by atoms with van der Waals surface area (Å²) in [5, 5.41) is 3.24. The van der Waals surface area contributed by atoms with Crippen LogP contribution in [-0.2, 0) is 6.42 Å². The van der Waals surface area contributed by atoms with Crippen molar-refractivity contribution < 1.29 is 9.18 Å². The lowest BCUT2D eigenvalue weighted by Crippen LogP contribution is -2.27. The van der Waals surface area contributed by atoms with Gasteiger partial charge in [-0.3, -0.25) is 4.79 Å². The minimum absolute atomic E-state index is 0.216. The highest BCUT2D eigenvalue weighted by atomic mass is 19.1. The molecule has 1 aliphatic heterocycles. The van der Waals surface area contributed by atoms with Gasteiger partial charge in [-0.1, -0.05) is 18.2 Å². The Morgan fingerprint density at radius 2 is 2.05 bits per heavy atom. The minimum atomic E-state index is -0.400. The van der Waals surface area contributed by atoms with E-state index in [1.165, 1.54) is 16.5 Å². The smallest absolute Gasteiger partial charge is 0.258 e. The van der Waals surface area contributed by atoms with Crippen LogP contribution in [0.15, 0.2) is 42.5 Å². The molecule has 0 atom stereocenters. The number of nitrogens with one attached hydrogen (secondary N) is 1. The SMILES string of the molecule is CN(C(=O)c1ccc2c(c1)NCC2)c1ccccc1F. The van der Waals surface area contributed by atoms with Gasteiger partial charge >= 0.3 is 0 Å². The van der Waals surface area contributed by atoms with E-state index in [1.807, 2.05) is 12.1 Å². The quantitative estimate of drug-likeness (QED) is 0.909. The predicted molar refractivity (Wildman–Crippen MR) is 77.8 cm³/mol. The largest absolute Gasteiger partial charge is 0.384 e. The number of amides is 1. The highest BCUT2D eigenvalue weighted by Gasteiger charge is 2.18. The van der Waals surface area contributed by atoms with Gasteiger partial charge in [-0.2, -0.15) is 0 Å². The van der Waals surface area contributed by atoms with E-state index in [0.29, 0.717) is 5.56 Å². The van der Waals surface area contributed by atoms with Gasteiger partial charge in [0.25, 0.3) is 5.91 Å². The first kappa shape index (κ1) is 12.7. The third kappa shape index (κ3) is 2.13. The molecule has 2 aromatic rings. The second-order valence-corrected chi connectivity index (χ2v) is 4.86. The molecule has 0 fully saturated rings. The molecule has 0 saturated carbocycles. The highest BCUT2D eigenvalue weighted by molar-refractivity contribution is 6.06. The van der Waals surface area contributed by atoms with E-state index in [4.69, 9.17) is 0 Å². The van der Waals surface area contributed by atoms with Crippen LogP contribution in [0.25, 0.3) is 0 Å². The summed E-state index contributed by atoms with van der Waals surface area (Å²) < 4.78 is 13.7. The molecular formula is C16H15FN2O. The van der Waals surface area contributed by atoms with E-state index in [1.54, 1.807) is 31.3 Å². The molecule has 3 rings (SSSR count). The van der Waals surface area contributed by atoms with Gasteiger partial charge in [0.2, 0.25) is 0 Å². The summed E-state index contributed by atoms with van der Waals surface area (Å²) in [6.45, 7) is 0.899. The van der Waals surface area contributed by atoms with E-state index < -0.39 is 5.82 Å². The zero-order valence-electron chi connectivity index (χ0n) is 11.2. The first-order chi connectivity index (χ1) is 9.66. The van der Waals surface area contributed by atoms with Gasteiger partial charge in [-0.15, -0.1) is 0 Å². The molecule has 0 unspecified atom stereocenters. The number of nitrogens with zero attached hydrogens (tertiary/aromatic N) is 1. The second-order valence-electron chi connectivity index (χ2n) is 4.86. The Bertz CT molecular complexity index is 669. The molecule has 2 aromatic carbocycles. The zero-order chi connectivity index (χ0) is 14.1. The summed E-state index contributed by atoms with van der Waals surface area (Å²) in [7, 11) is 1.58. The number of para-hydroxylation sites is 1. The average Bonchev–Trinajstić information content (AvgIpc) is 2.93. The van der Waals surface area contributed by atoms with Gasteiger partial charge in [0.1, 0.15) is 5.82 Å². The van der Waals surface area contributed by atoms with Gasteiger partial charge in [-0.05, 0) is 36.2 Å². The summed E-state index contributed by atoms with van der Waals surface area (Å²) in [6, 6.07) is 11.9. The van der Waals surface area contributed by atoms with Crippen LogP contribution in [0.4, 0.5) is 15.8 Å². The number of anilines is 2. The van der Waals surface area contributed by atoms with E-state index in [0.717, 1.165) is 18.7 Å². The Balaban J connectivity index is 1.91. The number of carbonyl (C=O) groups is 1. The van der Waals surface area contributed by atoms with Crippen LogP contribution < -0.4 is 10.2 Å². The Labute approximate surface area is 117 Å². The van der Waals surface area contributed by atoms with Crippen molar-refractivity contribution in [2.75, 3.05) is 23.8 Å². The Morgan fingerprint density at radius 3 is 2.85 bits per heavy atom. The van der Waals surface area contributed by atoms with Crippen molar-refractivity contribution in [2.24, 2.45) is 0 Å². The summed E-state index contributed by atoms with van der Waals surface area (Å²) in [5.41, 5.74) is 3.06. The van der Waals surface area contributed by atoms with Crippen LogP contribution >= 0.6 is 0 Å². The van der Waals surface area contributed by atoms with Gasteiger partial charge in [-0.25, -0.2) is 4.39 Å². The molecule has 0 radical (unpaired) electrons. The highest BCUT2D eigenvalue weighted by Crippen LogP contribution is 2.25. The monoisotopic (exact) mass is 270 g/mol. The number of fused-ring (bicyclic) bond motifs is 1. The molecule has 20 heavy (non-hydrogen) atoms. The normalized spacial score (nSPS) is 12.7. The van der Waals surface area contributed by atoms with Crippen LogP contribution in [0.3, 0.4) is 0 Å². The fraction of sp³-hybridized carbons (Fsp3) is 0.188. The van der Waals surface area contributed by atoms with Gasteiger partial charge in [0.15, 0.2) is 0 Å². The molecule has 102 valence electrons. The number of benzene rings is 2. The van der Waals surface area contributed by atoms with Crippen molar-refractivity contribution in [3.63, 3.8) is 0 Å². The van der Waals surface area contributed by atoms with Crippen LogP contribution in [0.1, 0.15) is 15.9 Å². The van der Waals surface area contributed by atoms with Crippen LogP contribution in [0.5, 0.6) is 0 Å². The number of carbonyl (C=O) groups excluding carboxylic acids is 1. The van der Waals surface area contributed by atoms with Crippen molar-refractivity contribution >= 4 is 17.3 Å². The lowest BCUT2D eigenvalue weighted by molar-refractivity contribution is 0.0992. The molecule has 0 spiro atoms. The Hall–Kier alpha value is -2.36. The van der Waals surface area contributed by atoms with Crippen molar-refractivity contribution in [1.82, 2.24) is 0 Å².